The average Bonchev–Trinajstić information content (AvgIpc) is 2.15. The summed E-state index contributed by atoms with van der Waals surface area (Å²) in [6.45, 7) is 12.4. The molecule has 1 saturated heterocycles. The lowest BCUT2D eigenvalue weighted by Gasteiger charge is -2.30. The first-order chi connectivity index (χ1) is 6.86. The zero-order chi connectivity index (χ0) is 10.2. The van der Waals surface area contributed by atoms with Gasteiger partial charge in [-0.25, -0.2) is 0 Å². The Morgan fingerprint density at radius 3 is 1.50 bits per heavy atom. The molecule has 14 heavy (non-hydrogen) atoms. The summed E-state index contributed by atoms with van der Waals surface area (Å²) < 4.78 is 0. The van der Waals surface area contributed by atoms with Gasteiger partial charge in [0.2, 0.25) is 0 Å². The maximum absolute atomic E-state index is 2.63. The molecule has 1 aliphatic heterocycles. The van der Waals surface area contributed by atoms with Gasteiger partial charge in [-0.3, -0.25) is 0 Å². The highest BCUT2D eigenvalue weighted by Crippen LogP contribution is 2.05. The summed E-state index contributed by atoms with van der Waals surface area (Å²) in [7, 11) is 0. The molecule has 0 spiro atoms. The predicted octanol–water partition coefficient (Wildman–Crippen LogP) is 2.20. The molecule has 2 nitrogen and oxygen atoms in total. The van der Waals surface area contributed by atoms with Crippen molar-refractivity contribution in [3.8, 4) is 0 Å². The van der Waals surface area contributed by atoms with E-state index in [0.717, 1.165) is 0 Å². The van der Waals surface area contributed by atoms with Gasteiger partial charge in [0.15, 0.2) is 0 Å². The fourth-order valence-corrected chi connectivity index (χ4v) is 2.26. The van der Waals surface area contributed by atoms with E-state index in [1.165, 1.54) is 65.0 Å². The van der Waals surface area contributed by atoms with Crippen molar-refractivity contribution in [2.45, 2.75) is 39.5 Å². The van der Waals surface area contributed by atoms with Crippen LogP contribution in [0, 0.1) is 0 Å². The van der Waals surface area contributed by atoms with Gasteiger partial charge in [0, 0.05) is 13.1 Å². The third-order valence-corrected chi connectivity index (χ3v) is 3.01. The molecule has 0 N–H and O–H groups in total. The van der Waals surface area contributed by atoms with Crippen molar-refractivity contribution in [2.75, 3.05) is 39.3 Å². The number of rotatable bonds is 4. The zero-order valence-electron chi connectivity index (χ0n) is 9.97. The van der Waals surface area contributed by atoms with E-state index in [0.29, 0.717) is 0 Å². The van der Waals surface area contributed by atoms with Gasteiger partial charge in [0.25, 0.3) is 0 Å². The third-order valence-electron chi connectivity index (χ3n) is 3.01. The van der Waals surface area contributed by atoms with Crippen molar-refractivity contribution in [3.63, 3.8) is 0 Å². The fourth-order valence-electron chi connectivity index (χ4n) is 2.26. The van der Waals surface area contributed by atoms with E-state index < -0.39 is 0 Å². The summed E-state index contributed by atoms with van der Waals surface area (Å²) in [5.41, 5.74) is 0. The molecule has 0 aliphatic carbocycles. The highest BCUT2D eigenvalue weighted by atomic mass is 15.2. The Morgan fingerprint density at radius 2 is 1.14 bits per heavy atom. The second-order valence-electron chi connectivity index (χ2n) is 4.39. The van der Waals surface area contributed by atoms with Crippen LogP contribution in [0.25, 0.3) is 0 Å². The Balaban J connectivity index is 2.26. The summed E-state index contributed by atoms with van der Waals surface area (Å²) in [5.74, 6) is 0. The molecule has 1 heterocycles. The van der Waals surface area contributed by atoms with E-state index in [1.54, 1.807) is 0 Å². The van der Waals surface area contributed by atoms with E-state index in [2.05, 4.69) is 23.6 Å². The number of hydrogen-bond acceptors (Lipinski definition) is 2. The van der Waals surface area contributed by atoms with Crippen LogP contribution in [0.15, 0.2) is 0 Å². The molecule has 0 amide bonds. The number of hydrogen-bond donors (Lipinski definition) is 0. The molecule has 0 atom stereocenters. The molecule has 0 bridgehead atoms. The van der Waals surface area contributed by atoms with Crippen molar-refractivity contribution in [1.82, 2.24) is 9.80 Å². The summed E-state index contributed by atoms with van der Waals surface area (Å²) in [6.07, 6.45) is 5.38. The second kappa shape index (κ2) is 7.24. The molecule has 2 heteroatoms. The molecule has 0 aromatic rings. The van der Waals surface area contributed by atoms with E-state index in [9.17, 15) is 0 Å². The molecule has 0 saturated carbocycles. The SMILES string of the molecule is CCCN1CCCCN(CCC)CC1. The first-order valence-electron chi connectivity index (χ1n) is 6.31. The molecule has 0 unspecified atom stereocenters. The summed E-state index contributed by atoms with van der Waals surface area (Å²) in [6, 6.07) is 0. The molecule has 0 aromatic carbocycles. The minimum Gasteiger partial charge on any atom is -0.302 e. The van der Waals surface area contributed by atoms with E-state index in [-0.39, 0.29) is 0 Å². The molecular weight excluding hydrogens is 172 g/mol. The van der Waals surface area contributed by atoms with Gasteiger partial charge in [-0.2, -0.15) is 0 Å². The van der Waals surface area contributed by atoms with Crippen molar-refractivity contribution < 1.29 is 0 Å². The van der Waals surface area contributed by atoms with Gasteiger partial charge < -0.3 is 9.80 Å². The summed E-state index contributed by atoms with van der Waals surface area (Å²) in [4.78, 5) is 5.25. The smallest absolute Gasteiger partial charge is 0.0109 e. The van der Waals surface area contributed by atoms with Crippen LogP contribution in [0.5, 0.6) is 0 Å². The Morgan fingerprint density at radius 1 is 0.714 bits per heavy atom. The Hall–Kier alpha value is -0.0800. The van der Waals surface area contributed by atoms with Gasteiger partial charge in [0.1, 0.15) is 0 Å². The minimum atomic E-state index is 1.29. The lowest BCUT2D eigenvalue weighted by Crippen LogP contribution is -2.39. The highest BCUT2D eigenvalue weighted by molar-refractivity contribution is 4.67. The molecule has 84 valence electrons. The minimum absolute atomic E-state index is 1.29. The first kappa shape index (κ1) is 12.0. The highest BCUT2D eigenvalue weighted by Gasteiger charge is 2.11. The number of nitrogens with zero attached hydrogens (tertiary/aromatic N) is 2. The van der Waals surface area contributed by atoms with Crippen LogP contribution in [0.2, 0.25) is 0 Å². The fraction of sp³-hybridized carbons (Fsp3) is 1.00. The third kappa shape index (κ3) is 4.43. The van der Waals surface area contributed by atoms with Crippen LogP contribution >= 0.6 is 0 Å². The molecule has 1 fully saturated rings. The Bertz CT molecular complexity index is 120. The standard InChI is InChI=1S/C12H26N2/c1-3-7-13-9-5-6-10-14(8-4-2)12-11-13/h3-12H2,1-2H3. The van der Waals surface area contributed by atoms with Crippen molar-refractivity contribution in [3.05, 3.63) is 0 Å². The normalized spacial score (nSPS) is 21.9. The Kier molecular flexibility index (Phi) is 6.20. The summed E-state index contributed by atoms with van der Waals surface area (Å²) >= 11 is 0. The van der Waals surface area contributed by atoms with E-state index >= 15 is 0 Å². The lowest BCUT2D eigenvalue weighted by molar-refractivity contribution is 0.174. The zero-order valence-corrected chi connectivity index (χ0v) is 9.97. The van der Waals surface area contributed by atoms with Crippen molar-refractivity contribution in [1.29, 1.82) is 0 Å². The van der Waals surface area contributed by atoms with Gasteiger partial charge in [-0.05, 0) is 51.9 Å². The van der Waals surface area contributed by atoms with Gasteiger partial charge in [-0.15, -0.1) is 0 Å². The van der Waals surface area contributed by atoms with Crippen LogP contribution in [0.4, 0.5) is 0 Å². The summed E-state index contributed by atoms with van der Waals surface area (Å²) in [5, 5.41) is 0. The molecule has 1 rings (SSSR count). The molecule has 0 aromatic heterocycles. The van der Waals surface area contributed by atoms with Crippen LogP contribution in [0.3, 0.4) is 0 Å². The average molecular weight is 198 g/mol. The van der Waals surface area contributed by atoms with Gasteiger partial charge >= 0.3 is 0 Å². The maximum atomic E-state index is 2.63. The van der Waals surface area contributed by atoms with E-state index in [4.69, 9.17) is 0 Å². The van der Waals surface area contributed by atoms with Crippen LogP contribution in [0.1, 0.15) is 39.5 Å². The molecular formula is C12H26N2. The van der Waals surface area contributed by atoms with E-state index in [1.807, 2.05) is 0 Å². The van der Waals surface area contributed by atoms with Crippen LogP contribution in [-0.4, -0.2) is 49.1 Å². The van der Waals surface area contributed by atoms with Gasteiger partial charge in [0.05, 0.1) is 0 Å². The van der Waals surface area contributed by atoms with Crippen LogP contribution in [-0.2, 0) is 0 Å². The molecule has 1 aliphatic rings. The Labute approximate surface area is 89.3 Å². The maximum Gasteiger partial charge on any atom is 0.0109 e. The monoisotopic (exact) mass is 198 g/mol. The van der Waals surface area contributed by atoms with Crippen molar-refractivity contribution >= 4 is 0 Å². The lowest BCUT2D eigenvalue weighted by atomic mass is 10.2. The molecule has 0 radical (unpaired) electrons. The van der Waals surface area contributed by atoms with Crippen molar-refractivity contribution in [2.24, 2.45) is 0 Å². The largest absolute Gasteiger partial charge is 0.302 e. The first-order valence-corrected chi connectivity index (χ1v) is 6.31. The van der Waals surface area contributed by atoms with Gasteiger partial charge in [-0.1, -0.05) is 13.8 Å². The predicted molar refractivity (Wildman–Crippen MR) is 62.7 cm³/mol. The second-order valence-corrected chi connectivity index (χ2v) is 4.39. The van der Waals surface area contributed by atoms with Crippen LogP contribution < -0.4 is 0 Å². The quantitative estimate of drug-likeness (QED) is 0.683. The topological polar surface area (TPSA) is 6.48 Å².